The van der Waals surface area contributed by atoms with E-state index in [9.17, 15) is 0 Å². The molecule has 0 heterocycles. The average molecular weight is 484 g/mol. The molecular formula is H4N4O12Th+4. The number of rotatable bonds is 0. The first kappa shape index (κ1) is 29.4. The molecule has 0 radical (unpaired) electrons. The van der Waals surface area contributed by atoms with E-state index in [1.807, 2.05) is 0 Å². The molecule has 0 aliphatic rings. The Morgan fingerprint density at radius 2 is 0.529 bits per heavy atom. The van der Waals surface area contributed by atoms with Crippen LogP contribution in [-0.4, -0.2) is 41.2 Å². The fraction of sp³-hybridized carbons (Fsp3) is 0. The van der Waals surface area contributed by atoms with Crippen molar-refractivity contribution >= 4 is 0 Å². The van der Waals surface area contributed by atoms with Crippen LogP contribution in [0.5, 0.6) is 0 Å². The van der Waals surface area contributed by atoms with Crippen molar-refractivity contribution in [2.24, 2.45) is 0 Å². The zero-order chi connectivity index (χ0) is 14.3. The predicted molar refractivity (Wildman–Crippen MR) is 35.1 cm³/mol. The van der Waals surface area contributed by atoms with Gasteiger partial charge in [-0.1, -0.05) is 0 Å². The average Bonchev–Trinajstić information content (AvgIpc) is 1.76. The molecule has 0 bridgehead atoms. The quantitative estimate of drug-likeness (QED) is 0.229. The minimum absolute atomic E-state index is 0. The fourth-order valence-electron chi connectivity index (χ4n) is 0. The standard InChI is InChI=1S/4HNO3.Th/c4*2-1(3)4;/h4*(H,2,3,4);/q;;;;+4. The molecule has 0 aliphatic carbocycles. The summed E-state index contributed by atoms with van der Waals surface area (Å²) in [6, 6.07) is 0. The van der Waals surface area contributed by atoms with Crippen molar-refractivity contribution in [1.82, 2.24) is 0 Å². The zero-order valence-electron chi connectivity index (χ0n) is 7.34. The Morgan fingerprint density at radius 1 is 0.529 bits per heavy atom. The van der Waals surface area contributed by atoms with Gasteiger partial charge in [-0.15, -0.1) is 40.5 Å². The van der Waals surface area contributed by atoms with Crippen LogP contribution in [0, 0.1) is 80.4 Å². The summed E-state index contributed by atoms with van der Waals surface area (Å²) in [7, 11) is 0. The molecular weight excluding hydrogens is 480 g/mol. The van der Waals surface area contributed by atoms with Gasteiger partial charge in [0, 0.05) is 0 Å². The van der Waals surface area contributed by atoms with Gasteiger partial charge in [0.25, 0.3) is 20.3 Å². The van der Waals surface area contributed by atoms with E-state index in [0.29, 0.717) is 0 Å². The summed E-state index contributed by atoms with van der Waals surface area (Å²) in [6.45, 7) is 0. The molecule has 0 aliphatic heterocycles. The summed E-state index contributed by atoms with van der Waals surface area (Å²) in [4.78, 5) is 33.4. The first-order valence-corrected chi connectivity index (χ1v) is 2.26. The van der Waals surface area contributed by atoms with Gasteiger partial charge in [0.1, 0.15) is 0 Å². The van der Waals surface area contributed by atoms with E-state index in [-0.39, 0.29) is 39.9 Å². The Kier molecular flexibility index (Phi) is 41.1. The summed E-state index contributed by atoms with van der Waals surface area (Å²) in [5, 5.41) is 54.6. The SMILES string of the molecule is O=[N+]([O-])O.O=[N+]([O-])O.O=[N+]([O-])O.O=[N+]([O-])O.[Th+4]. The van der Waals surface area contributed by atoms with Gasteiger partial charge < -0.3 is 20.8 Å². The maximum atomic E-state index is 8.36. The van der Waals surface area contributed by atoms with Crippen molar-refractivity contribution in [3.05, 3.63) is 40.5 Å². The zero-order valence-corrected chi connectivity index (χ0v) is 11.5. The maximum absolute atomic E-state index is 8.36. The Labute approximate surface area is 121 Å². The Morgan fingerprint density at radius 3 is 0.529 bits per heavy atom. The third-order valence-electron chi connectivity index (χ3n) is 0. The van der Waals surface area contributed by atoms with E-state index in [1.54, 1.807) is 0 Å². The summed E-state index contributed by atoms with van der Waals surface area (Å²) >= 11 is 0. The van der Waals surface area contributed by atoms with Gasteiger partial charge in [0.05, 0.1) is 0 Å². The van der Waals surface area contributed by atoms with E-state index < -0.39 is 20.3 Å². The Balaban J connectivity index is -0.0000000369. The molecule has 0 aromatic carbocycles. The molecule has 0 aromatic rings. The topological polar surface area (TPSA) is 253 Å². The van der Waals surface area contributed by atoms with Crippen molar-refractivity contribution in [3.8, 4) is 0 Å². The van der Waals surface area contributed by atoms with Gasteiger partial charge >= 0.3 is 39.9 Å². The first-order chi connectivity index (χ1) is 6.93. The Hall–Kier alpha value is -1.88. The van der Waals surface area contributed by atoms with Crippen LogP contribution in [0.25, 0.3) is 0 Å². The first-order valence-electron chi connectivity index (χ1n) is 2.26. The van der Waals surface area contributed by atoms with Gasteiger partial charge in [-0.3, -0.25) is 0 Å². The monoisotopic (exact) mass is 484 g/mol. The van der Waals surface area contributed by atoms with E-state index in [1.165, 1.54) is 0 Å². The summed E-state index contributed by atoms with van der Waals surface area (Å²) < 4.78 is 0. The number of hydrogen-bond acceptors (Lipinski definition) is 8. The minimum Gasteiger partial charge on any atom is -0.328 e. The summed E-state index contributed by atoms with van der Waals surface area (Å²) in [6.07, 6.45) is 0. The molecule has 0 rings (SSSR count). The molecule has 0 saturated carbocycles. The van der Waals surface area contributed by atoms with E-state index in [4.69, 9.17) is 61.3 Å². The van der Waals surface area contributed by atoms with Crippen LogP contribution in [-0.2, 0) is 0 Å². The van der Waals surface area contributed by atoms with Crippen LogP contribution in [0.15, 0.2) is 0 Å². The second-order valence-electron chi connectivity index (χ2n) is 0.951. The molecule has 4 N–H and O–H groups in total. The van der Waals surface area contributed by atoms with Gasteiger partial charge in [0.2, 0.25) is 0 Å². The molecule has 17 heavy (non-hydrogen) atoms. The van der Waals surface area contributed by atoms with Gasteiger partial charge in [-0.2, -0.15) is 0 Å². The molecule has 0 saturated heterocycles. The van der Waals surface area contributed by atoms with Crippen molar-refractivity contribution < 1.29 is 81.1 Å². The second kappa shape index (κ2) is 23.7. The Bertz CT molecular complexity index is 159. The minimum atomic E-state index is -1.50. The normalized spacial score (nSPS) is 5.65. The van der Waals surface area contributed by atoms with Crippen LogP contribution >= 0.6 is 0 Å². The van der Waals surface area contributed by atoms with Crippen LogP contribution in [0.1, 0.15) is 0 Å². The smallest absolute Gasteiger partial charge is 0.328 e. The van der Waals surface area contributed by atoms with Gasteiger partial charge in [-0.25, -0.2) is 0 Å². The molecule has 0 fully saturated rings. The van der Waals surface area contributed by atoms with E-state index >= 15 is 0 Å². The van der Waals surface area contributed by atoms with E-state index in [0.717, 1.165) is 0 Å². The van der Waals surface area contributed by atoms with Crippen LogP contribution in [0.4, 0.5) is 0 Å². The molecule has 16 nitrogen and oxygen atoms in total. The van der Waals surface area contributed by atoms with Crippen molar-refractivity contribution in [2.75, 3.05) is 0 Å². The summed E-state index contributed by atoms with van der Waals surface area (Å²) in [5.74, 6) is 0. The molecule has 0 atom stereocenters. The third kappa shape index (κ3) is 590. The van der Waals surface area contributed by atoms with Crippen molar-refractivity contribution in [2.45, 2.75) is 0 Å². The van der Waals surface area contributed by atoms with Gasteiger partial charge in [-0.05, 0) is 0 Å². The van der Waals surface area contributed by atoms with Crippen molar-refractivity contribution in [1.29, 1.82) is 0 Å². The van der Waals surface area contributed by atoms with Crippen LogP contribution in [0.2, 0.25) is 0 Å². The predicted octanol–water partition coefficient (Wildman–Crippen LogP) is -1.39. The molecule has 96 valence electrons. The fourth-order valence-corrected chi connectivity index (χ4v) is 0. The number of nitrogens with zero attached hydrogens (tertiary/aromatic N) is 4. The van der Waals surface area contributed by atoms with E-state index in [2.05, 4.69) is 0 Å². The molecule has 0 spiro atoms. The number of hydrogen-bond donors (Lipinski definition) is 4. The van der Waals surface area contributed by atoms with Crippen molar-refractivity contribution in [3.63, 3.8) is 0 Å². The third-order valence-corrected chi connectivity index (χ3v) is 0. The van der Waals surface area contributed by atoms with Crippen LogP contribution in [0.3, 0.4) is 0 Å². The molecule has 0 unspecified atom stereocenters. The van der Waals surface area contributed by atoms with Gasteiger partial charge in [0.15, 0.2) is 0 Å². The summed E-state index contributed by atoms with van der Waals surface area (Å²) in [5.41, 5.74) is 0. The molecule has 0 aromatic heterocycles. The molecule has 0 amide bonds. The maximum Gasteiger partial charge on any atom is 4.00 e. The second-order valence-corrected chi connectivity index (χ2v) is 0.951. The largest absolute Gasteiger partial charge is 4.00 e. The molecule has 17 heteroatoms. The van der Waals surface area contributed by atoms with Crippen LogP contribution < -0.4 is 0 Å².